The van der Waals surface area contributed by atoms with Gasteiger partial charge in [-0.25, -0.2) is 0 Å². The Morgan fingerprint density at radius 2 is 1.93 bits per heavy atom. The molecule has 4 amide bonds. The lowest BCUT2D eigenvalue weighted by molar-refractivity contribution is -0.150. The van der Waals surface area contributed by atoms with Crippen molar-refractivity contribution < 1.29 is 23.7 Å². The second-order valence-electron chi connectivity index (χ2n) is 7.12. The molecule has 10 nitrogen and oxygen atoms in total. The summed E-state index contributed by atoms with van der Waals surface area (Å²) in [6.07, 6.45) is 1.35. The molecule has 1 N–H and O–H groups in total. The molecule has 0 bridgehead atoms. The zero-order valence-electron chi connectivity index (χ0n) is 16.4. The van der Waals surface area contributed by atoms with Crippen LogP contribution in [0, 0.1) is 0 Å². The Hall–Kier alpha value is -3.82. The number of carbonyl (C=O) groups is 4. The van der Waals surface area contributed by atoms with Crippen LogP contribution in [-0.2, 0) is 19.2 Å². The first-order valence-electron chi connectivity index (χ1n) is 9.41. The van der Waals surface area contributed by atoms with Crippen LogP contribution in [0.4, 0.5) is 0 Å². The first-order valence-corrected chi connectivity index (χ1v) is 9.41. The zero-order valence-corrected chi connectivity index (χ0v) is 16.4. The summed E-state index contributed by atoms with van der Waals surface area (Å²) >= 11 is 0. The highest BCUT2D eigenvalue weighted by molar-refractivity contribution is 6.18. The summed E-state index contributed by atoms with van der Waals surface area (Å²) in [4.78, 5) is 55.7. The van der Waals surface area contributed by atoms with Crippen molar-refractivity contribution >= 4 is 23.6 Å². The molecule has 2 unspecified atom stereocenters. The maximum Gasteiger partial charge on any atom is 0.277 e. The Morgan fingerprint density at radius 3 is 2.63 bits per heavy atom. The monoisotopic (exact) mass is 409 g/mol. The predicted molar refractivity (Wildman–Crippen MR) is 102 cm³/mol. The number of likely N-dealkylation sites (N-methyl/N-ethyl adjacent to an activating group) is 1. The highest BCUT2D eigenvalue weighted by Crippen LogP contribution is 2.29. The molecule has 2 aromatic rings. The van der Waals surface area contributed by atoms with Gasteiger partial charge >= 0.3 is 0 Å². The van der Waals surface area contributed by atoms with E-state index >= 15 is 0 Å². The maximum absolute atomic E-state index is 12.9. The number of aromatic nitrogens is 2. The topological polar surface area (TPSA) is 126 Å². The van der Waals surface area contributed by atoms with E-state index in [1.54, 1.807) is 18.9 Å². The molecule has 0 aliphatic carbocycles. The Balaban J connectivity index is 1.51. The molecule has 10 heteroatoms. The van der Waals surface area contributed by atoms with Gasteiger partial charge in [0, 0.05) is 25.1 Å². The Labute approximate surface area is 171 Å². The molecule has 1 fully saturated rings. The summed E-state index contributed by atoms with van der Waals surface area (Å²) in [5.41, 5.74) is 0.898. The molecule has 3 heterocycles. The lowest BCUT2D eigenvalue weighted by atomic mass is 10.0. The number of nitrogens with one attached hydrogen (secondary N) is 1. The van der Waals surface area contributed by atoms with Gasteiger partial charge in [-0.15, -0.1) is 0 Å². The number of hydrogen-bond donors (Lipinski definition) is 1. The molecule has 0 radical (unpaired) electrons. The summed E-state index contributed by atoms with van der Waals surface area (Å²) in [5.74, 6) is -1.58. The molecule has 30 heavy (non-hydrogen) atoms. The van der Waals surface area contributed by atoms with Crippen LogP contribution in [0.2, 0.25) is 0 Å². The number of amides is 4. The minimum Gasteiger partial charge on any atom is -0.358 e. The Bertz CT molecular complexity index is 1060. The summed E-state index contributed by atoms with van der Waals surface area (Å²) in [5, 5.41) is 6.14. The van der Waals surface area contributed by atoms with Crippen molar-refractivity contribution in [3.05, 3.63) is 48.0 Å². The molecule has 2 atom stereocenters. The fraction of sp³-hybridized carbons (Fsp3) is 0.300. The van der Waals surface area contributed by atoms with Crippen molar-refractivity contribution in [3.63, 3.8) is 0 Å². The normalized spacial score (nSPS) is 20.3. The molecular weight excluding hydrogens is 390 g/mol. The van der Waals surface area contributed by atoms with Crippen LogP contribution in [0.5, 0.6) is 0 Å². The van der Waals surface area contributed by atoms with E-state index in [1.165, 1.54) is 6.08 Å². The lowest BCUT2D eigenvalue weighted by Gasteiger charge is -2.30. The molecule has 1 aromatic heterocycles. The van der Waals surface area contributed by atoms with Crippen molar-refractivity contribution in [3.8, 4) is 11.4 Å². The van der Waals surface area contributed by atoms with Gasteiger partial charge < -0.3 is 9.42 Å². The van der Waals surface area contributed by atoms with Crippen molar-refractivity contribution in [2.45, 2.75) is 31.8 Å². The molecule has 2 aliphatic heterocycles. The van der Waals surface area contributed by atoms with Crippen molar-refractivity contribution in [2.75, 3.05) is 7.05 Å². The molecule has 4 rings (SSSR count). The lowest BCUT2D eigenvalue weighted by Crippen LogP contribution is -2.54. The smallest absolute Gasteiger partial charge is 0.277 e. The van der Waals surface area contributed by atoms with Gasteiger partial charge in [0.2, 0.25) is 23.5 Å². The van der Waals surface area contributed by atoms with Gasteiger partial charge in [0.1, 0.15) is 17.8 Å². The number of carbonyl (C=O) groups excluding carboxylic acids is 4. The first kappa shape index (κ1) is 19.5. The van der Waals surface area contributed by atoms with Crippen LogP contribution < -0.4 is 5.32 Å². The van der Waals surface area contributed by atoms with Gasteiger partial charge in [0.05, 0.1) is 0 Å². The highest BCUT2D eigenvalue weighted by atomic mass is 16.5. The van der Waals surface area contributed by atoms with E-state index in [-0.39, 0.29) is 24.4 Å². The van der Waals surface area contributed by atoms with Gasteiger partial charge in [-0.05, 0) is 13.3 Å². The molecule has 0 saturated carbocycles. The van der Waals surface area contributed by atoms with Crippen LogP contribution in [0.25, 0.3) is 11.4 Å². The Kier molecular flexibility index (Phi) is 4.90. The van der Waals surface area contributed by atoms with Crippen LogP contribution in [0.15, 0.2) is 46.6 Å². The van der Waals surface area contributed by atoms with E-state index in [1.807, 2.05) is 30.3 Å². The van der Waals surface area contributed by atoms with Crippen LogP contribution in [0.3, 0.4) is 0 Å². The number of hydrogen-bond acceptors (Lipinski definition) is 8. The van der Waals surface area contributed by atoms with Crippen molar-refractivity contribution in [1.29, 1.82) is 0 Å². The van der Waals surface area contributed by atoms with Gasteiger partial charge in [0.15, 0.2) is 0 Å². The van der Waals surface area contributed by atoms with Gasteiger partial charge in [-0.3, -0.25) is 29.4 Å². The third-order valence-electron chi connectivity index (χ3n) is 5.25. The highest BCUT2D eigenvalue weighted by Gasteiger charge is 2.44. The van der Waals surface area contributed by atoms with Crippen LogP contribution in [-0.4, -0.2) is 56.7 Å². The largest absolute Gasteiger partial charge is 0.358 e. The van der Waals surface area contributed by atoms with Crippen molar-refractivity contribution in [2.24, 2.45) is 0 Å². The molecule has 1 aromatic carbocycles. The number of piperidine rings is 1. The third-order valence-corrected chi connectivity index (χ3v) is 5.25. The SMILES string of the molecule is CC(c1nc(-c2ccccc2)no1)N(C)C1=CC(=O)N(C2CCC(=O)NC2=O)C1=O. The minimum absolute atomic E-state index is 0.0687. The third kappa shape index (κ3) is 3.36. The zero-order chi connectivity index (χ0) is 21.4. The summed E-state index contributed by atoms with van der Waals surface area (Å²) < 4.78 is 5.35. The molecular formula is C20H19N5O5. The van der Waals surface area contributed by atoms with E-state index in [2.05, 4.69) is 15.5 Å². The summed E-state index contributed by atoms with van der Waals surface area (Å²) in [6, 6.07) is 7.79. The first-order chi connectivity index (χ1) is 14.4. The quantitative estimate of drug-likeness (QED) is 0.719. The van der Waals surface area contributed by atoms with E-state index in [9.17, 15) is 19.2 Å². The molecule has 1 saturated heterocycles. The second-order valence-corrected chi connectivity index (χ2v) is 7.12. The fourth-order valence-corrected chi connectivity index (χ4v) is 3.43. The van der Waals surface area contributed by atoms with E-state index < -0.39 is 35.7 Å². The number of imide groups is 2. The standard InChI is InChI=1S/C20H19N5O5/c1-11(19-22-17(23-30-19)12-6-4-3-5-7-12)24(2)14-10-16(27)25(20(14)29)13-8-9-15(26)21-18(13)28/h3-7,10-11,13H,8-9H2,1-2H3,(H,21,26,28). The van der Waals surface area contributed by atoms with E-state index in [4.69, 9.17) is 4.52 Å². The minimum atomic E-state index is -1.01. The molecule has 2 aliphatic rings. The number of nitrogens with zero attached hydrogens (tertiary/aromatic N) is 4. The number of benzene rings is 1. The average molecular weight is 409 g/mol. The van der Waals surface area contributed by atoms with Gasteiger partial charge in [0.25, 0.3) is 11.8 Å². The maximum atomic E-state index is 12.9. The Morgan fingerprint density at radius 1 is 1.20 bits per heavy atom. The van der Waals surface area contributed by atoms with Gasteiger partial charge in [-0.1, -0.05) is 35.5 Å². The van der Waals surface area contributed by atoms with E-state index in [0.29, 0.717) is 5.82 Å². The molecule has 0 spiro atoms. The van der Waals surface area contributed by atoms with Crippen molar-refractivity contribution in [1.82, 2.24) is 25.3 Å². The van der Waals surface area contributed by atoms with Crippen LogP contribution >= 0.6 is 0 Å². The second kappa shape index (κ2) is 7.54. The molecule has 154 valence electrons. The van der Waals surface area contributed by atoms with Gasteiger partial charge in [-0.2, -0.15) is 4.98 Å². The van der Waals surface area contributed by atoms with Crippen LogP contribution in [0.1, 0.15) is 31.7 Å². The average Bonchev–Trinajstić information content (AvgIpc) is 3.33. The summed E-state index contributed by atoms with van der Waals surface area (Å²) in [7, 11) is 1.63. The fourth-order valence-electron chi connectivity index (χ4n) is 3.43. The predicted octanol–water partition coefficient (Wildman–Crippen LogP) is 0.787. The summed E-state index contributed by atoms with van der Waals surface area (Å²) in [6.45, 7) is 1.76. The van der Waals surface area contributed by atoms with E-state index in [0.717, 1.165) is 10.5 Å². The number of rotatable bonds is 5.